The average Bonchev–Trinajstić information content (AvgIpc) is 2.69. The van der Waals surface area contributed by atoms with Crippen LogP contribution >= 0.6 is 22.6 Å². The van der Waals surface area contributed by atoms with E-state index in [1.54, 1.807) is 0 Å². The van der Waals surface area contributed by atoms with Gasteiger partial charge in [-0.25, -0.2) is 4.79 Å². The summed E-state index contributed by atoms with van der Waals surface area (Å²) in [5.41, 5.74) is 0.795. The van der Waals surface area contributed by atoms with Crippen molar-refractivity contribution in [3.05, 3.63) is 15.5 Å². The van der Waals surface area contributed by atoms with E-state index in [4.69, 9.17) is 4.74 Å². The Balaban J connectivity index is 1.83. The van der Waals surface area contributed by atoms with Crippen molar-refractivity contribution in [3.8, 4) is 0 Å². The maximum Gasteiger partial charge on any atom is 0.407 e. The van der Waals surface area contributed by atoms with Crippen molar-refractivity contribution in [1.29, 1.82) is 0 Å². The monoisotopic (exact) mass is 405 g/mol. The summed E-state index contributed by atoms with van der Waals surface area (Å²) >= 11 is 2.32. The first-order chi connectivity index (χ1) is 9.76. The van der Waals surface area contributed by atoms with Crippen LogP contribution in [0.1, 0.15) is 58.2 Å². The third-order valence-electron chi connectivity index (χ3n) is 3.75. The van der Waals surface area contributed by atoms with Crippen LogP contribution in [-0.2, 0) is 4.74 Å². The number of hydrogen-bond donors (Lipinski definition) is 1. The number of ether oxygens (including phenoxy) is 1. The van der Waals surface area contributed by atoms with Crippen molar-refractivity contribution >= 4 is 28.7 Å². The van der Waals surface area contributed by atoms with Crippen molar-refractivity contribution in [2.45, 2.75) is 71.1 Å². The summed E-state index contributed by atoms with van der Waals surface area (Å²) < 4.78 is 8.65. The first kappa shape index (κ1) is 16.6. The number of aromatic nitrogens is 2. The van der Waals surface area contributed by atoms with Crippen LogP contribution in [0.5, 0.6) is 0 Å². The molecule has 5 nitrogen and oxygen atoms in total. The maximum absolute atomic E-state index is 11.8. The van der Waals surface area contributed by atoms with Crippen LogP contribution in [-0.4, -0.2) is 27.5 Å². The molecule has 1 aliphatic carbocycles. The fourth-order valence-electron chi connectivity index (χ4n) is 2.71. The number of amides is 1. The van der Waals surface area contributed by atoms with Gasteiger partial charge in [0.05, 0.1) is 15.8 Å². The highest BCUT2D eigenvalue weighted by Gasteiger charge is 2.26. The van der Waals surface area contributed by atoms with Gasteiger partial charge in [0.15, 0.2) is 0 Å². The molecular weight excluding hydrogens is 381 g/mol. The van der Waals surface area contributed by atoms with Gasteiger partial charge in [-0.1, -0.05) is 0 Å². The van der Waals surface area contributed by atoms with Crippen molar-refractivity contribution in [2.75, 3.05) is 0 Å². The third-order valence-corrected chi connectivity index (χ3v) is 4.81. The van der Waals surface area contributed by atoms with E-state index in [1.807, 2.05) is 27.0 Å². The zero-order valence-electron chi connectivity index (χ0n) is 13.1. The van der Waals surface area contributed by atoms with Gasteiger partial charge in [0.1, 0.15) is 5.60 Å². The quantitative estimate of drug-likeness (QED) is 0.762. The van der Waals surface area contributed by atoms with Gasteiger partial charge in [-0.15, -0.1) is 0 Å². The number of hydrogen-bond acceptors (Lipinski definition) is 3. The van der Waals surface area contributed by atoms with Crippen molar-refractivity contribution in [1.82, 2.24) is 15.1 Å². The average molecular weight is 405 g/mol. The molecule has 0 spiro atoms. The molecule has 6 heteroatoms. The molecule has 0 radical (unpaired) electrons. The Kier molecular flexibility index (Phi) is 5.16. The molecule has 1 saturated carbocycles. The van der Waals surface area contributed by atoms with Gasteiger partial charge in [-0.2, -0.15) is 5.10 Å². The Morgan fingerprint density at radius 3 is 2.48 bits per heavy atom. The van der Waals surface area contributed by atoms with E-state index in [1.165, 1.54) is 9.26 Å². The zero-order valence-corrected chi connectivity index (χ0v) is 15.3. The van der Waals surface area contributed by atoms with Gasteiger partial charge in [-0.05, 0) is 76.0 Å². The minimum absolute atomic E-state index is 0.214. The molecule has 0 bridgehead atoms. The number of rotatable bonds is 2. The highest BCUT2D eigenvalue weighted by atomic mass is 127. The molecule has 0 aromatic carbocycles. The minimum Gasteiger partial charge on any atom is -0.444 e. The molecule has 1 aliphatic rings. The summed E-state index contributed by atoms with van der Waals surface area (Å²) in [6.07, 6.45) is 5.63. The number of carbonyl (C=O) groups is 1. The van der Waals surface area contributed by atoms with E-state index in [0.29, 0.717) is 6.04 Å². The fraction of sp³-hybridized carbons (Fsp3) is 0.733. The molecule has 21 heavy (non-hydrogen) atoms. The second-order valence-electron chi connectivity index (χ2n) is 6.67. The Morgan fingerprint density at radius 2 is 2.00 bits per heavy atom. The SMILES string of the molecule is Cc1c(I)cnn1C1CCC(NC(=O)OC(C)(C)C)CC1. The topological polar surface area (TPSA) is 56.2 Å². The first-order valence-electron chi connectivity index (χ1n) is 7.45. The molecule has 0 unspecified atom stereocenters. The number of halogens is 1. The normalized spacial score (nSPS) is 22.9. The largest absolute Gasteiger partial charge is 0.444 e. The molecule has 1 aromatic rings. The van der Waals surface area contributed by atoms with Crippen LogP contribution in [0.4, 0.5) is 4.79 Å². The maximum atomic E-state index is 11.8. The lowest BCUT2D eigenvalue weighted by Crippen LogP contribution is -2.41. The number of nitrogens with zero attached hydrogens (tertiary/aromatic N) is 2. The molecule has 1 N–H and O–H groups in total. The van der Waals surface area contributed by atoms with Crippen LogP contribution in [0, 0.1) is 10.5 Å². The van der Waals surface area contributed by atoms with Gasteiger partial charge in [0, 0.05) is 11.7 Å². The Labute approximate surface area is 139 Å². The summed E-state index contributed by atoms with van der Waals surface area (Å²) in [5.74, 6) is 0. The number of carbonyl (C=O) groups excluding carboxylic acids is 1. The highest BCUT2D eigenvalue weighted by Crippen LogP contribution is 2.30. The van der Waals surface area contributed by atoms with Gasteiger partial charge in [0.2, 0.25) is 0 Å². The van der Waals surface area contributed by atoms with Gasteiger partial charge in [0.25, 0.3) is 0 Å². The predicted molar refractivity (Wildman–Crippen MR) is 90.3 cm³/mol. The Bertz CT molecular complexity index is 500. The molecule has 1 aromatic heterocycles. The number of alkyl carbamates (subject to hydrolysis) is 1. The molecule has 1 amide bonds. The second-order valence-corrected chi connectivity index (χ2v) is 7.84. The summed E-state index contributed by atoms with van der Waals surface area (Å²) in [5, 5.41) is 7.45. The summed E-state index contributed by atoms with van der Waals surface area (Å²) in [4.78, 5) is 11.8. The first-order valence-corrected chi connectivity index (χ1v) is 8.53. The molecule has 0 aliphatic heterocycles. The molecule has 118 valence electrons. The van der Waals surface area contributed by atoms with Crippen molar-refractivity contribution in [2.24, 2.45) is 0 Å². The highest BCUT2D eigenvalue weighted by molar-refractivity contribution is 14.1. The molecule has 2 rings (SSSR count). The van der Waals surface area contributed by atoms with E-state index in [9.17, 15) is 4.79 Å². The van der Waals surface area contributed by atoms with E-state index >= 15 is 0 Å². The van der Waals surface area contributed by atoms with E-state index in [0.717, 1.165) is 25.7 Å². The zero-order chi connectivity index (χ0) is 15.6. The fourth-order valence-corrected chi connectivity index (χ4v) is 3.08. The predicted octanol–water partition coefficient (Wildman–Crippen LogP) is 3.80. The van der Waals surface area contributed by atoms with Crippen LogP contribution in [0.2, 0.25) is 0 Å². The van der Waals surface area contributed by atoms with Gasteiger partial charge in [-0.3, -0.25) is 4.68 Å². The van der Waals surface area contributed by atoms with Crippen LogP contribution < -0.4 is 5.32 Å². The summed E-state index contributed by atoms with van der Waals surface area (Å²) in [7, 11) is 0. The molecular formula is C15H24IN3O2. The molecule has 1 fully saturated rings. The lowest BCUT2D eigenvalue weighted by molar-refractivity contribution is 0.0487. The number of nitrogens with one attached hydrogen (secondary N) is 1. The second kappa shape index (κ2) is 6.54. The van der Waals surface area contributed by atoms with Crippen LogP contribution in [0.25, 0.3) is 0 Å². The van der Waals surface area contributed by atoms with Gasteiger partial charge >= 0.3 is 6.09 Å². The Morgan fingerprint density at radius 1 is 1.38 bits per heavy atom. The van der Waals surface area contributed by atoms with E-state index < -0.39 is 5.60 Å². The molecule has 0 saturated heterocycles. The summed E-state index contributed by atoms with van der Waals surface area (Å²) in [6, 6.07) is 0.663. The van der Waals surface area contributed by atoms with Crippen molar-refractivity contribution < 1.29 is 9.53 Å². The lowest BCUT2D eigenvalue weighted by atomic mass is 9.91. The minimum atomic E-state index is -0.440. The third kappa shape index (κ3) is 4.59. The van der Waals surface area contributed by atoms with Crippen LogP contribution in [0.3, 0.4) is 0 Å². The standard InChI is InChI=1S/C15H24IN3O2/c1-10-13(16)9-17-19(10)12-7-5-11(6-8-12)18-14(20)21-15(2,3)4/h9,11-12H,5-8H2,1-4H3,(H,18,20). The lowest BCUT2D eigenvalue weighted by Gasteiger charge is -2.30. The van der Waals surface area contributed by atoms with E-state index in [-0.39, 0.29) is 12.1 Å². The van der Waals surface area contributed by atoms with Crippen molar-refractivity contribution in [3.63, 3.8) is 0 Å². The smallest absolute Gasteiger partial charge is 0.407 e. The van der Waals surface area contributed by atoms with E-state index in [2.05, 4.69) is 44.6 Å². The van der Waals surface area contributed by atoms with Gasteiger partial charge < -0.3 is 10.1 Å². The Hall–Kier alpha value is -0.790. The summed E-state index contributed by atoms with van der Waals surface area (Å²) in [6.45, 7) is 7.75. The van der Waals surface area contributed by atoms with Crippen LogP contribution in [0.15, 0.2) is 6.20 Å². The molecule has 0 atom stereocenters. The molecule has 1 heterocycles.